The van der Waals surface area contributed by atoms with Gasteiger partial charge in [0.15, 0.2) is 0 Å². The van der Waals surface area contributed by atoms with Gasteiger partial charge in [0, 0.05) is 24.7 Å². The maximum Gasteiger partial charge on any atom is 0.282 e. The van der Waals surface area contributed by atoms with Crippen LogP contribution < -0.4 is 19.1 Å². The minimum absolute atomic E-state index is 0.351. The third-order valence-corrected chi connectivity index (χ3v) is 5.74. The van der Waals surface area contributed by atoms with Gasteiger partial charge in [-0.15, -0.1) is 0 Å². The molecule has 1 fully saturated rings. The number of rotatable bonds is 6. The first-order valence-corrected chi connectivity index (χ1v) is 10.3. The number of anilines is 1. The molecule has 1 saturated heterocycles. The summed E-state index contributed by atoms with van der Waals surface area (Å²) in [5, 5.41) is 0. The van der Waals surface area contributed by atoms with Crippen molar-refractivity contribution in [3.8, 4) is 17.2 Å². The van der Waals surface area contributed by atoms with E-state index in [1.807, 2.05) is 23.1 Å². The molecule has 0 unspecified atom stereocenters. The first kappa shape index (κ1) is 20.8. The minimum atomic E-state index is -0.390. The van der Waals surface area contributed by atoms with Gasteiger partial charge >= 0.3 is 0 Å². The Morgan fingerprint density at radius 1 is 0.774 bits per heavy atom. The van der Waals surface area contributed by atoms with Gasteiger partial charge in [-0.1, -0.05) is 18.2 Å². The number of methoxy groups -OCH3 is 3. The Morgan fingerprint density at radius 2 is 1.48 bits per heavy atom. The summed E-state index contributed by atoms with van der Waals surface area (Å²) in [4.78, 5) is 30.7. The quantitative estimate of drug-likeness (QED) is 0.664. The summed E-state index contributed by atoms with van der Waals surface area (Å²) in [6.45, 7) is 1.47. The molecule has 0 aromatic heterocycles. The van der Waals surface area contributed by atoms with E-state index >= 15 is 0 Å². The molecule has 0 atom stereocenters. The van der Waals surface area contributed by atoms with E-state index in [1.165, 1.54) is 12.0 Å². The summed E-state index contributed by atoms with van der Waals surface area (Å²) in [7, 11) is 4.62. The molecule has 0 radical (unpaired) electrons. The number of carbonyl (C=O) groups excluding carboxylic acids is 2. The molecule has 4 rings (SSSR count). The average molecular weight is 422 g/mol. The van der Waals surface area contributed by atoms with Crippen molar-refractivity contribution in [3.05, 3.63) is 53.7 Å². The zero-order chi connectivity index (χ0) is 22.0. The summed E-state index contributed by atoms with van der Waals surface area (Å²) in [5.41, 5.74) is 1.78. The van der Waals surface area contributed by atoms with Gasteiger partial charge in [0.1, 0.15) is 22.9 Å². The molecule has 162 valence electrons. The van der Waals surface area contributed by atoms with E-state index in [4.69, 9.17) is 14.2 Å². The molecule has 2 amide bonds. The summed E-state index contributed by atoms with van der Waals surface area (Å²) >= 11 is 0. The van der Waals surface area contributed by atoms with E-state index in [0.717, 1.165) is 32.4 Å². The van der Waals surface area contributed by atoms with E-state index in [2.05, 4.69) is 0 Å². The number of benzene rings is 2. The van der Waals surface area contributed by atoms with Crippen LogP contribution in [0, 0.1) is 0 Å². The molecule has 0 aliphatic carbocycles. The van der Waals surface area contributed by atoms with Crippen LogP contribution in [0.1, 0.15) is 24.8 Å². The monoisotopic (exact) mass is 422 g/mol. The highest BCUT2D eigenvalue weighted by Crippen LogP contribution is 2.42. The molecule has 0 spiro atoms. The van der Waals surface area contributed by atoms with Gasteiger partial charge in [-0.05, 0) is 37.5 Å². The van der Waals surface area contributed by atoms with Crippen LogP contribution in [0.5, 0.6) is 17.2 Å². The van der Waals surface area contributed by atoms with Crippen LogP contribution in [-0.2, 0) is 9.59 Å². The van der Waals surface area contributed by atoms with Crippen molar-refractivity contribution in [2.45, 2.75) is 19.3 Å². The average Bonchev–Trinajstić information content (AvgIpc) is 3.08. The molecule has 2 aliphatic heterocycles. The highest BCUT2D eigenvalue weighted by molar-refractivity contribution is 6.46. The number of ether oxygens (including phenoxy) is 3. The van der Waals surface area contributed by atoms with E-state index in [-0.39, 0.29) is 5.91 Å². The number of likely N-dealkylation sites (tertiary alicyclic amines) is 1. The number of carbonyl (C=O) groups is 2. The Kier molecular flexibility index (Phi) is 5.84. The Hall–Kier alpha value is -3.48. The number of hydrogen-bond acceptors (Lipinski definition) is 6. The Morgan fingerprint density at radius 3 is 2.16 bits per heavy atom. The fourth-order valence-electron chi connectivity index (χ4n) is 4.21. The van der Waals surface area contributed by atoms with E-state index < -0.39 is 5.91 Å². The summed E-state index contributed by atoms with van der Waals surface area (Å²) in [6, 6.07) is 12.3. The fourth-order valence-corrected chi connectivity index (χ4v) is 4.21. The van der Waals surface area contributed by atoms with E-state index in [0.29, 0.717) is 39.8 Å². The standard InChI is InChI=1S/C24H26N2O5/c1-29-16-11-12-18(20(15-16)31-3)26-23(27)21(17-9-5-6-10-19(17)30-2)22(24(26)28)25-13-7-4-8-14-25/h5-6,9-12,15H,4,7-8,13-14H2,1-3H3. The zero-order valence-corrected chi connectivity index (χ0v) is 18.0. The van der Waals surface area contributed by atoms with Crippen LogP contribution >= 0.6 is 0 Å². The summed E-state index contributed by atoms with van der Waals surface area (Å²) in [5.74, 6) is 0.778. The topological polar surface area (TPSA) is 68.3 Å². The maximum absolute atomic E-state index is 13.7. The van der Waals surface area contributed by atoms with Gasteiger partial charge in [-0.2, -0.15) is 0 Å². The van der Waals surface area contributed by atoms with Crippen molar-refractivity contribution in [2.75, 3.05) is 39.3 Å². The maximum atomic E-state index is 13.7. The van der Waals surface area contributed by atoms with Crippen molar-refractivity contribution in [1.82, 2.24) is 4.90 Å². The molecule has 2 heterocycles. The van der Waals surface area contributed by atoms with Crippen LogP contribution in [0.4, 0.5) is 5.69 Å². The van der Waals surface area contributed by atoms with E-state index in [1.54, 1.807) is 38.5 Å². The number of nitrogens with zero attached hydrogens (tertiary/aromatic N) is 2. The Balaban J connectivity index is 1.87. The number of piperidine rings is 1. The molecule has 0 saturated carbocycles. The van der Waals surface area contributed by atoms with E-state index in [9.17, 15) is 9.59 Å². The number of hydrogen-bond donors (Lipinski definition) is 0. The minimum Gasteiger partial charge on any atom is -0.497 e. The molecule has 31 heavy (non-hydrogen) atoms. The third kappa shape index (κ3) is 3.60. The van der Waals surface area contributed by atoms with Crippen molar-refractivity contribution >= 4 is 23.1 Å². The normalized spacial score (nSPS) is 16.7. The Bertz CT molecular complexity index is 1040. The molecule has 2 aromatic carbocycles. The van der Waals surface area contributed by atoms with Gasteiger partial charge in [-0.25, -0.2) is 4.90 Å². The van der Waals surface area contributed by atoms with Gasteiger partial charge in [0.25, 0.3) is 11.8 Å². The first-order chi connectivity index (χ1) is 15.1. The molecule has 2 aromatic rings. The second-order valence-electron chi connectivity index (χ2n) is 7.46. The van der Waals surface area contributed by atoms with Gasteiger partial charge in [-0.3, -0.25) is 9.59 Å². The van der Waals surface area contributed by atoms with Crippen LogP contribution in [0.15, 0.2) is 48.2 Å². The molecule has 0 N–H and O–H groups in total. The lowest BCUT2D eigenvalue weighted by atomic mass is 10.0. The van der Waals surface area contributed by atoms with Crippen LogP contribution in [0.25, 0.3) is 5.57 Å². The zero-order valence-electron chi connectivity index (χ0n) is 18.0. The highest BCUT2D eigenvalue weighted by Gasteiger charge is 2.44. The molecular weight excluding hydrogens is 396 g/mol. The van der Waals surface area contributed by atoms with Gasteiger partial charge in [0.05, 0.1) is 32.6 Å². The number of para-hydroxylation sites is 1. The van der Waals surface area contributed by atoms with Gasteiger partial charge in [0.2, 0.25) is 0 Å². The largest absolute Gasteiger partial charge is 0.497 e. The lowest BCUT2D eigenvalue weighted by molar-refractivity contribution is -0.120. The van der Waals surface area contributed by atoms with Crippen LogP contribution in [0.2, 0.25) is 0 Å². The second kappa shape index (κ2) is 8.71. The van der Waals surface area contributed by atoms with Crippen LogP contribution in [-0.4, -0.2) is 51.1 Å². The summed E-state index contributed by atoms with van der Waals surface area (Å²) < 4.78 is 16.3. The summed E-state index contributed by atoms with van der Waals surface area (Å²) in [6.07, 6.45) is 3.08. The fraction of sp³-hybridized carbons (Fsp3) is 0.333. The smallest absolute Gasteiger partial charge is 0.282 e. The molecular formula is C24H26N2O5. The second-order valence-corrected chi connectivity index (χ2v) is 7.46. The lowest BCUT2D eigenvalue weighted by Crippen LogP contribution is -2.37. The molecule has 7 heteroatoms. The van der Waals surface area contributed by atoms with Crippen molar-refractivity contribution in [1.29, 1.82) is 0 Å². The van der Waals surface area contributed by atoms with Crippen molar-refractivity contribution < 1.29 is 23.8 Å². The first-order valence-electron chi connectivity index (χ1n) is 10.3. The number of amides is 2. The third-order valence-electron chi connectivity index (χ3n) is 5.74. The molecule has 2 aliphatic rings. The molecule has 7 nitrogen and oxygen atoms in total. The number of imide groups is 1. The highest BCUT2D eigenvalue weighted by atomic mass is 16.5. The van der Waals surface area contributed by atoms with Crippen molar-refractivity contribution in [3.63, 3.8) is 0 Å². The SMILES string of the molecule is COc1ccc(N2C(=O)C(c3ccccc3OC)=C(N3CCCCC3)C2=O)c(OC)c1. The predicted octanol–water partition coefficient (Wildman–Crippen LogP) is 3.48. The van der Waals surface area contributed by atoms with Crippen LogP contribution in [0.3, 0.4) is 0 Å². The Labute approximate surface area is 181 Å². The lowest BCUT2D eigenvalue weighted by Gasteiger charge is -2.30. The van der Waals surface area contributed by atoms with Crippen molar-refractivity contribution in [2.24, 2.45) is 0 Å². The van der Waals surface area contributed by atoms with Gasteiger partial charge < -0.3 is 19.1 Å². The predicted molar refractivity (Wildman–Crippen MR) is 117 cm³/mol. The molecule has 0 bridgehead atoms.